The molecule has 170 valence electrons. The number of pyridine rings is 1. The maximum Gasteiger partial charge on any atom is 0.254 e. The fraction of sp³-hybridized carbons (Fsp3) is 0.240. The molecular weight excluding hydrogens is 436 g/mol. The Bertz CT molecular complexity index is 1200. The summed E-state index contributed by atoms with van der Waals surface area (Å²) >= 11 is 0. The van der Waals surface area contributed by atoms with Gasteiger partial charge in [-0.1, -0.05) is 37.3 Å². The lowest BCUT2D eigenvalue weighted by Crippen LogP contribution is -2.30. The third kappa shape index (κ3) is 6.72. The number of nitriles is 1. The zero-order valence-corrected chi connectivity index (χ0v) is 19.3. The average molecular weight is 463 g/mol. The van der Waals surface area contributed by atoms with Crippen LogP contribution in [-0.4, -0.2) is 30.8 Å². The highest BCUT2D eigenvalue weighted by molar-refractivity contribution is 7.89. The fourth-order valence-corrected chi connectivity index (χ4v) is 4.33. The zero-order chi connectivity index (χ0) is 23.7. The van der Waals surface area contributed by atoms with Gasteiger partial charge in [0.15, 0.2) is 0 Å². The van der Waals surface area contributed by atoms with Gasteiger partial charge in [-0.2, -0.15) is 5.26 Å². The van der Waals surface area contributed by atoms with Gasteiger partial charge in [-0.3, -0.25) is 9.78 Å². The maximum atomic E-state index is 13.4. The molecule has 3 aromatic rings. The Balaban J connectivity index is 1.81. The van der Waals surface area contributed by atoms with Gasteiger partial charge in [-0.25, -0.2) is 13.1 Å². The quantitative estimate of drug-likeness (QED) is 0.463. The van der Waals surface area contributed by atoms with Crippen LogP contribution in [0, 0.1) is 11.3 Å². The number of carbonyl (C=O) groups is 1. The van der Waals surface area contributed by atoms with E-state index in [0.717, 1.165) is 17.5 Å². The highest BCUT2D eigenvalue weighted by Crippen LogP contribution is 2.17. The smallest absolute Gasteiger partial charge is 0.254 e. The number of benzene rings is 2. The van der Waals surface area contributed by atoms with E-state index in [4.69, 9.17) is 5.26 Å². The predicted octanol–water partition coefficient (Wildman–Crippen LogP) is 3.68. The Morgan fingerprint density at radius 2 is 1.67 bits per heavy atom. The molecule has 0 aliphatic carbocycles. The number of amides is 1. The molecule has 0 aliphatic heterocycles. The first-order valence-corrected chi connectivity index (χ1v) is 12.1. The van der Waals surface area contributed by atoms with E-state index in [1.807, 2.05) is 30.3 Å². The third-order valence-corrected chi connectivity index (χ3v) is 6.61. The molecule has 0 atom stereocenters. The maximum absolute atomic E-state index is 13.4. The fourth-order valence-electron chi connectivity index (χ4n) is 3.30. The molecule has 0 bridgehead atoms. The van der Waals surface area contributed by atoms with Crippen LogP contribution in [0.2, 0.25) is 0 Å². The van der Waals surface area contributed by atoms with Gasteiger partial charge >= 0.3 is 0 Å². The number of nitrogens with zero attached hydrogens (tertiary/aromatic N) is 3. The Kier molecular flexibility index (Phi) is 8.30. The molecule has 0 fully saturated rings. The predicted molar refractivity (Wildman–Crippen MR) is 125 cm³/mol. The molecule has 1 amide bonds. The molecule has 1 N–H and O–H groups in total. The van der Waals surface area contributed by atoms with E-state index in [2.05, 4.69) is 28.8 Å². The number of aromatic nitrogens is 1. The lowest BCUT2D eigenvalue weighted by atomic mass is 10.1. The highest BCUT2D eigenvalue weighted by atomic mass is 32.2. The van der Waals surface area contributed by atoms with E-state index in [1.165, 1.54) is 29.8 Å². The summed E-state index contributed by atoms with van der Waals surface area (Å²) in [6.45, 7) is 2.91. The number of carbonyl (C=O) groups excluding carboxylic acids is 1. The molecule has 7 nitrogen and oxygen atoms in total. The van der Waals surface area contributed by atoms with Crippen molar-refractivity contribution >= 4 is 15.9 Å². The normalized spacial score (nSPS) is 11.0. The SMILES string of the molecule is CCc1ccc(CN(Cc2cccnc2)C(=O)c2ccc(S(=O)(=O)NCCC#N)cc2)cc1. The number of hydrogen-bond donors (Lipinski definition) is 1. The Hall–Kier alpha value is -3.54. The Labute approximate surface area is 194 Å². The van der Waals surface area contributed by atoms with Crippen molar-refractivity contribution < 1.29 is 13.2 Å². The molecule has 3 rings (SSSR count). The third-order valence-electron chi connectivity index (χ3n) is 5.13. The minimum Gasteiger partial charge on any atom is -0.330 e. The van der Waals surface area contributed by atoms with Gasteiger partial charge in [0.25, 0.3) is 5.91 Å². The topological polar surface area (TPSA) is 103 Å². The van der Waals surface area contributed by atoms with E-state index >= 15 is 0 Å². The van der Waals surface area contributed by atoms with Gasteiger partial charge in [-0.05, 0) is 53.4 Å². The summed E-state index contributed by atoms with van der Waals surface area (Å²) in [7, 11) is -3.73. The van der Waals surface area contributed by atoms with Crippen molar-refractivity contribution in [3.8, 4) is 6.07 Å². The van der Waals surface area contributed by atoms with Gasteiger partial charge in [0.05, 0.1) is 11.0 Å². The number of hydrogen-bond acceptors (Lipinski definition) is 5. The second kappa shape index (κ2) is 11.4. The van der Waals surface area contributed by atoms with Crippen molar-refractivity contribution in [2.45, 2.75) is 37.8 Å². The lowest BCUT2D eigenvalue weighted by molar-refractivity contribution is 0.0729. The molecular formula is C25H26N4O3S. The first-order chi connectivity index (χ1) is 15.9. The van der Waals surface area contributed by atoms with Gasteiger partial charge in [0.1, 0.15) is 0 Å². The summed E-state index contributed by atoms with van der Waals surface area (Å²) in [5.74, 6) is -0.209. The second-order valence-corrected chi connectivity index (χ2v) is 9.29. The standard InChI is InChI=1S/C25H26N4O3S/c1-2-20-6-8-21(9-7-20)18-29(19-22-5-3-15-27-17-22)25(30)23-10-12-24(13-11-23)33(31,32)28-16-4-14-26/h3,5-13,15,17,28H,2,4,16,18-19H2,1H3. The van der Waals surface area contributed by atoms with Crippen LogP contribution >= 0.6 is 0 Å². The van der Waals surface area contributed by atoms with E-state index in [0.29, 0.717) is 18.7 Å². The number of nitrogens with one attached hydrogen (secondary N) is 1. The largest absolute Gasteiger partial charge is 0.330 e. The molecule has 0 radical (unpaired) electrons. The first kappa shape index (κ1) is 24.1. The van der Waals surface area contributed by atoms with Crippen LogP contribution in [0.25, 0.3) is 0 Å². The first-order valence-electron chi connectivity index (χ1n) is 10.7. The van der Waals surface area contributed by atoms with Crippen molar-refractivity contribution in [3.63, 3.8) is 0 Å². The van der Waals surface area contributed by atoms with Crippen molar-refractivity contribution in [1.82, 2.24) is 14.6 Å². The minimum absolute atomic E-state index is 0.0369. The molecule has 1 aromatic heterocycles. The van der Waals surface area contributed by atoms with Gasteiger partial charge < -0.3 is 4.90 Å². The van der Waals surface area contributed by atoms with Gasteiger partial charge in [0.2, 0.25) is 10.0 Å². The molecule has 0 unspecified atom stereocenters. The summed E-state index contributed by atoms with van der Waals surface area (Å²) in [5, 5.41) is 8.59. The Morgan fingerprint density at radius 3 is 2.27 bits per heavy atom. The summed E-state index contributed by atoms with van der Waals surface area (Å²) in [5.41, 5.74) is 3.52. The van der Waals surface area contributed by atoms with E-state index < -0.39 is 10.0 Å². The summed E-state index contributed by atoms with van der Waals surface area (Å²) in [4.78, 5) is 19.3. The molecule has 0 spiro atoms. The minimum atomic E-state index is -3.73. The summed E-state index contributed by atoms with van der Waals surface area (Å²) in [6, 6.07) is 19.6. The van der Waals surface area contributed by atoms with Crippen LogP contribution < -0.4 is 4.72 Å². The molecule has 2 aromatic carbocycles. The second-order valence-electron chi connectivity index (χ2n) is 7.52. The summed E-state index contributed by atoms with van der Waals surface area (Å²) < 4.78 is 27.0. The lowest BCUT2D eigenvalue weighted by Gasteiger charge is -2.23. The average Bonchev–Trinajstić information content (AvgIpc) is 2.84. The highest BCUT2D eigenvalue weighted by Gasteiger charge is 2.19. The Morgan fingerprint density at radius 1 is 1.00 bits per heavy atom. The molecule has 33 heavy (non-hydrogen) atoms. The van der Waals surface area contributed by atoms with Crippen LogP contribution in [0.5, 0.6) is 0 Å². The summed E-state index contributed by atoms with van der Waals surface area (Å²) in [6.07, 6.45) is 4.43. The molecule has 0 saturated heterocycles. The molecule has 1 heterocycles. The van der Waals surface area contributed by atoms with E-state index in [-0.39, 0.29) is 23.8 Å². The van der Waals surface area contributed by atoms with E-state index in [9.17, 15) is 13.2 Å². The molecule has 0 saturated carbocycles. The molecule has 0 aliphatic rings. The van der Waals surface area contributed by atoms with Crippen molar-refractivity contribution in [2.75, 3.05) is 6.54 Å². The molecule has 8 heteroatoms. The van der Waals surface area contributed by atoms with Gasteiger partial charge in [-0.15, -0.1) is 0 Å². The van der Waals surface area contributed by atoms with Crippen molar-refractivity contribution in [2.24, 2.45) is 0 Å². The van der Waals surface area contributed by atoms with Crippen molar-refractivity contribution in [1.29, 1.82) is 5.26 Å². The van der Waals surface area contributed by atoms with Crippen molar-refractivity contribution in [3.05, 3.63) is 95.3 Å². The van der Waals surface area contributed by atoms with Crippen LogP contribution in [0.1, 0.15) is 40.4 Å². The van der Waals surface area contributed by atoms with E-state index in [1.54, 1.807) is 17.3 Å². The van der Waals surface area contributed by atoms with Crippen LogP contribution in [0.4, 0.5) is 0 Å². The van der Waals surface area contributed by atoms with Gasteiger partial charge in [0, 0.05) is 44.0 Å². The van der Waals surface area contributed by atoms with Crippen LogP contribution in [0.15, 0.2) is 78.0 Å². The monoisotopic (exact) mass is 462 g/mol. The number of sulfonamides is 1. The number of rotatable bonds is 10. The zero-order valence-electron chi connectivity index (χ0n) is 18.4. The van der Waals surface area contributed by atoms with Crippen LogP contribution in [0.3, 0.4) is 0 Å². The van der Waals surface area contributed by atoms with Crippen LogP contribution in [-0.2, 0) is 29.5 Å². The number of aryl methyl sites for hydroxylation is 1.